The second-order valence-electron chi connectivity index (χ2n) is 5.71. The minimum Gasteiger partial charge on any atom is -0.457 e. The van der Waals surface area contributed by atoms with Crippen molar-refractivity contribution in [2.24, 2.45) is 4.99 Å². The Balaban J connectivity index is 1.52. The summed E-state index contributed by atoms with van der Waals surface area (Å²) < 4.78 is 15.9. The van der Waals surface area contributed by atoms with Crippen LogP contribution in [0.4, 0.5) is 5.88 Å². The maximum Gasteiger partial charge on any atom is 0.433 e. The van der Waals surface area contributed by atoms with E-state index in [1.54, 1.807) is 24.3 Å². The Hall–Kier alpha value is -4.20. The van der Waals surface area contributed by atoms with Crippen molar-refractivity contribution < 1.29 is 23.6 Å². The Labute approximate surface area is 158 Å². The van der Waals surface area contributed by atoms with Crippen LogP contribution in [0.5, 0.6) is 11.5 Å². The first-order valence-electron chi connectivity index (χ1n) is 8.18. The normalized spacial score (nSPS) is 14.6. The van der Waals surface area contributed by atoms with E-state index >= 15 is 0 Å². The summed E-state index contributed by atoms with van der Waals surface area (Å²) in [5.41, 5.74) is 0.575. The number of aliphatic imine (C=N–C) groups is 1. The molecule has 0 saturated carbocycles. The van der Waals surface area contributed by atoms with Crippen molar-refractivity contribution in [3.8, 4) is 11.5 Å². The number of nitrogens with zero attached hydrogens (tertiary/aromatic N) is 2. The molecule has 0 radical (unpaired) electrons. The predicted molar refractivity (Wildman–Crippen MR) is 98.9 cm³/mol. The number of nitro groups is 1. The van der Waals surface area contributed by atoms with Crippen LogP contribution in [0.2, 0.25) is 0 Å². The molecule has 4 rings (SSSR count). The van der Waals surface area contributed by atoms with Gasteiger partial charge in [-0.25, -0.2) is 9.79 Å². The fraction of sp³-hybridized carbons (Fsp3) is 0. The third-order valence-corrected chi connectivity index (χ3v) is 3.77. The molecule has 0 spiro atoms. The van der Waals surface area contributed by atoms with Gasteiger partial charge in [0, 0.05) is 11.6 Å². The van der Waals surface area contributed by atoms with Crippen LogP contribution in [0.15, 0.2) is 81.8 Å². The molecule has 138 valence electrons. The van der Waals surface area contributed by atoms with Crippen molar-refractivity contribution in [3.05, 3.63) is 93.9 Å². The molecule has 8 nitrogen and oxygen atoms in total. The molecule has 0 aliphatic carbocycles. The fourth-order valence-electron chi connectivity index (χ4n) is 2.48. The molecule has 2 heterocycles. The number of carbonyl (C=O) groups is 1. The highest BCUT2D eigenvalue weighted by Crippen LogP contribution is 2.25. The number of ether oxygens (including phenoxy) is 2. The molecule has 28 heavy (non-hydrogen) atoms. The number of hydrogen-bond donors (Lipinski definition) is 0. The van der Waals surface area contributed by atoms with Crippen LogP contribution in [0, 0.1) is 10.1 Å². The summed E-state index contributed by atoms with van der Waals surface area (Å²) in [7, 11) is 0. The first kappa shape index (κ1) is 17.2. The van der Waals surface area contributed by atoms with E-state index in [4.69, 9.17) is 13.9 Å². The van der Waals surface area contributed by atoms with Crippen molar-refractivity contribution in [3.63, 3.8) is 0 Å². The third-order valence-electron chi connectivity index (χ3n) is 3.77. The molecular weight excluding hydrogens is 364 g/mol. The van der Waals surface area contributed by atoms with Crippen LogP contribution in [0.1, 0.15) is 11.3 Å². The molecule has 0 bridgehead atoms. The number of cyclic esters (lactones) is 1. The average Bonchev–Trinajstić information content (AvgIpc) is 3.31. The monoisotopic (exact) mass is 376 g/mol. The zero-order valence-corrected chi connectivity index (χ0v) is 14.3. The molecule has 3 aromatic rings. The van der Waals surface area contributed by atoms with E-state index in [0.29, 0.717) is 17.1 Å². The summed E-state index contributed by atoms with van der Waals surface area (Å²) >= 11 is 0. The van der Waals surface area contributed by atoms with Crippen LogP contribution in [0.25, 0.3) is 6.08 Å². The highest BCUT2D eigenvalue weighted by Gasteiger charge is 2.25. The molecule has 0 amide bonds. The number of benzene rings is 2. The van der Waals surface area contributed by atoms with Gasteiger partial charge in [-0.05, 0) is 42.5 Å². The van der Waals surface area contributed by atoms with E-state index in [1.165, 1.54) is 18.2 Å². The van der Waals surface area contributed by atoms with Gasteiger partial charge in [0.15, 0.2) is 5.70 Å². The summed E-state index contributed by atoms with van der Waals surface area (Å²) in [6.07, 6.45) is 1.29. The maximum absolute atomic E-state index is 12.0. The van der Waals surface area contributed by atoms with Gasteiger partial charge in [-0.1, -0.05) is 18.2 Å². The predicted octanol–water partition coefficient (Wildman–Crippen LogP) is 4.32. The molecule has 1 aliphatic heterocycles. The first-order valence-corrected chi connectivity index (χ1v) is 8.18. The second-order valence-corrected chi connectivity index (χ2v) is 5.71. The van der Waals surface area contributed by atoms with E-state index in [9.17, 15) is 14.9 Å². The molecule has 0 unspecified atom stereocenters. The number of carbonyl (C=O) groups excluding carboxylic acids is 1. The van der Waals surface area contributed by atoms with Gasteiger partial charge < -0.3 is 13.9 Å². The highest BCUT2D eigenvalue weighted by molar-refractivity contribution is 6.12. The maximum atomic E-state index is 12.0. The number of para-hydroxylation sites is 1. The first-order chi connectivity index (χ1) is 13.6. The molecule has 0 fully saturated rings. The minimum atomic E-state index is -0.668. The van der Waals surface area contributed by atoms with Gasteiger partial charge in [0.05, 0.1) is 6.07 Å². The molecule has 0 atom stereocenters. The summed E-state index contributed by atoms with van der Waals surface area (Å²) in [6.45, 7) is 0. The van der Waals surface area contributed by atoms with Crippen molar-refractivity contribution in [1.82, 2.24) is 0 Å². The fourth-order valence-corrected chi connectivity index (χ4v) is 2.48. The van der Waals surface area contributed by atoms with Crippen LogP contribution >= 0.6 is 0 Å². The largest absolute Gasteiger partial charge is 0.457 e. The quantitative estimate of drug-likeness (QED) is 0.284. The molecule has 8 heteroatoms. The molecule has 1 aliphatic rings. The van der Waals surface area contributed by atoms with Crippen LogP contribution < -0.4 is 4.74 Å². The molecule has 0 N–H and O–H groups in total. The van der Waals surface area contributed by atoms with Gasteiger partial charge in [0.25, 0.3) is 0 Å². The van der Waals surface area contributed by atoms with Gasteiger partial charge in [0.1, 0.15) is 22.2 Å². The van der Waals surface area contributed by atoms with E-state index in [2.05, 4.69) is 4.99 Å². The van der Waals surface area contributed by atoms with E-state index in [0.717, 1.165) is 0 Å². The highest BCUT2D eigenvalue weighted by atomic mass is 16.6. The van der Waals surface area contributed by atoms with Gasteiger partial charge in [-0.2, -0.15) is 0 Å². The molecule has 0 saturated heterocycles. The standard InChI is InChI=1S/C20H12N2O6/c23-20-17(12-16-10-11-18(27-16)22(24)25)21-19(28-20)13-6-8-15(9-7-13)26-14-4-2-1-3-5-14/h1-12H/b17-12-. The van der Waals surface area contributed by atoms with Gasteiger partial charge in [-0.15, -0.1) is 0 Å². The van der Waals surface area contributed by atoms with Crippen LogP contribution in [-0.4, -0.2) is 16.8 Å². The van der Waals surface area contributed by atoms with Gasteiger partial charge in [0.2, 0.25) is 5.90 Å². The SMILES string of the molecule is O=C1OC(c2ccc(Oc3ccccc3)cc2)=N/C1=C\c1ccc([N+](=O)[O-])o1. The summed E-state index contributed by atoms with van der Waals surface area (Å²) in [6, 6.07) is 18.8. The van der Waals surface area contributed by atoms with Crippen LogP contribution in [0.3, 0.4) is 0 Å². The van der Waals surface area contributed by atoms with E-state index in [-0.39, 0.29) is 17.4 Å². The second kappa shape index (κ2) is 7.20. The summed E-state index contributed by atoms with van der Waals surface area (Å²) in [5.74, 6) is 0.505. The van der Waals surface area contributed by atoms with Crippen LogP contribution in [-0.2, 0) is 9.53 Å². The van der Waals surface area contributed by atoms with E-state index in [1.807, 2.05) is 30.3 Å². The zero-order chi connectivity index (χ0) is 19.5. The number of furan rings is 1. The van der Waals surface area contributed by atoms with Gasteiger partial charge >= 0.3 is 11.9 Å². The van der Waals surface area contributed by atoms with Crippen molar-refractivity contribution in [1.29, 1.82) is 0 Å². The zero-order valence-electron chi connectivity index (χ0n) is 14.3. The Bertz CT molecular complexity index is 1100. The smallest absolute Gasteiger partial charge is 0.433 e. The lowest BCUT2D eigenvalue weighted by atomic mass is 10.2. The third kappa shape index (κ3) is 3.65. The molecule has 1 aromatic heterocycles. The molecular formula is C20H12N2O6. The Kier molecular flexibility index (Phi) is 4.43. The van der Waals surface area contributed by atoms with Crippen molar-refractivity contribution >= 4 is 23.8 Å². The lowest BCUT2D eigenvalue weighted by Gasteiger charge is -2.06. The lowest BCUT2D eigenvalue weighted by molar-refractivity contribution is -0.402. The number of hydrogen-bond acceptors (Lipinski definition) is 7. The topological polar surface area (TPSA) is 104 Å². The number of esters is 1. The van der Waals surface area contributed by atoms with Gasteiger partial charge in [-0.3, -0.25) is 10.1 Å². The lowest BCUT2D eigenvalue weighted by Crippen LogP contribution is -2.05. The van der Waals surface area contributed by atoms with E-state index < -0.39 is 16.8 Å². The van der Waals surface area contributed by atoms with Crippen molar-refractivity contribution in [2.45, 2.75) is 0 Å². The van der Waals surface area contributed by atoms with Crippen molar-refractivity contribution in [2.75, 3.05) is 0 Å². The molecule has 2 aromatic carbocycles. The Morgan fingerprint density at radius 3 is 2.36 bits per heavy atom. The number of rotatable bonds is 5. The summed E-state index contributed by atoms with van der Waals surface area (Å²) in [5, 5.41) is 10.7. The minimum absolute atomic E-state index is 0.0103. The summed E-state index contributed by atoms with van der Waals surface area (Å²) in [4.78, 5) is 26.1. The Morgan fingerprint density at radius 2 is 1.68 bits per heavy atom. The Morgan fingerprint density at radius 1 is 0.964 bits per heavy atom. The average molecular weight is 376 g/mol.